The number of pyridine rings is 1. The molecular formula is C16H25N3. The highest BCUT2D eigenvalue weighted by Gasteiger charge is 2.17. The zero-order valence-electron chi connectivity index (χ0n) is 12.0. The Balaban J connectivity index is 1.83. The molecule has 0 aliphatic carbocycles. The van der Waals surface area contributed by atoms with Crippen molar-refractivity contribution >= 4 is 5.82 Å². The standard InChI is InChI=1S/C16H25N3/c1-13-12-15-14(8-9-17-13)6-7-16(18-15)19-10-4-2-3-5-11-19/h6-7,13,17H,2-5,8-12H2,1H3. The van der Waals surface area contributed by atoms with E-state index in [-0.39, 0.29) is 0 Å². The highest BCUT2D eigenvalue weighted by Crippen LogP contribution is 2.21. The van der Waals surface area contributed by atoms with Crippen molar-refractivity contribution in [1.82, 2.24) is 10.3 Å². The first-order valence-electron chi connectivity index (χ1n) is 7.80. The van der Waals surface area contributed by atoms with E-state index in [2.05, 4.69) is 29.3 Å². The number of rotatable bonds is 1. The number of hydrogen-bond acceptors (Lipinski definition) is 3. The first kappa shape index (κ1) is 12.9. The summed E-state index contributed by atoms with van der Waals surface area (Å²) in [6, 6.07) is 5.09. The molecule has 0 amide bonds. The predicted molar refractivity (Wildman–Crippen MR) is 79.8 cm³/mol. The van der Waals surface area contributed by atoms with Crippen LogP contribution in [-0.2, 0) is 12.8 Å². The van der Waals surface area contributed by atoms with Gasteiger partial charge in [0.05, 0.1) is 0 Å². The Kier molecular flexibility index (Phi) is 4.02. The van der Waals surface area contributed by atoms with Crippen LogP contribution in [0.3, 0.4) is 0 Å². The van der Waals surface area contributed by atoms with Crippen LogP contribution in [0.2, 0.25) is 0 Å². The summed E-state index contributed by atoms with van der Waals surface area (Å²) in [5, 5.41) is 3.55. The molecule has 3 nitrogen and oxygen atoms in total. The molecule has 0 saturated carbocycles. The summed E-state index contributed by atoms with van der Waals surface area (Å²) in [6.07, 6.45) is 7.57. The van der Waals surface area contributed by atoms with Gasteiger partial charge in [-0.3, -0.25) is 0 Å². The van der Waals surface area contributed by atoms with Crippen LogP contribution in [0.5, 0.6) is 0 Å². The summed E-state index contributed by atoms with van der Waals surface area (Å²) in [5.74, 6) is 1.20. The summed E-state index contributed by atoms with van der Waals surface area (Å²) in [5.41, 5.74) is 2.76. The molecule has 2 aliphatic heterocycles. The number of hydrogen-bond donors (Lipinski definition) is 1. The minimum atomic E-state index is 0.549. The van der Waals surface area contributed by atoms with Crippen LogP contribution in [0.4, 0.5) is 5.82 Å². The third kappa shape index (κ3) is 3.08. The fourth-order valence-corrected chi connectivity index (χ4v) is 3.21. The molecule has 104 valence electrons. The van der Waals surface area contributed by atoms with E-state index in [9.17, 15) is 0 Å². The molecule has 0 bridgehead atoms. The quantitative estimate of drug-likeness (QED) is 0.840. The van der Waals surface area contributed by atoms with Crippen molar-refractivity contribution in [1.29, 1.82) is 0 Å². The van der Waals surface area contributed by atoms with Crippen LogP contribution in [0, 0.1) is 0 Å². The van der Waals surface area contributed by atoms with Gasteiger partial charge in [0.15, 0.2) is 0 Å². The van der Waals surface area contributed by atoms with Crippen LogP contribution in [-0.4, -0.2) is 30.7 Å². The van der Waals surface area contributed by atoms with Crippen LogP contribution < -0.4 is 10.2 Å². The highest BCUT2D eigenvalue weighted by atomic mass is 15.2. The van der Waals surface area contributed by atoms with E-state index >= 15 is 0 Å². The molecule has 3 rings (SSSR count). The molecule has 0 radical (unpaired) electrons. The van der Waals surface area contributed by atoms with E-state index in [0.717, 1.165) is 19.4 Å². The topological polar surface area (TPSA) is 28.2 Å². The van der Waals surface area contributed by atoms with Gasteiger partial charge in [-0.1, -0.05) is 18.9 Å². The van der Waals surface area contributed by atoms with E-state index in [1.54, 1.807) is 0 Å². The lowest BCUT2D eigenvalue weighted by Crippen LogP contribution is -2.27. The molecule has 1 atom stereocenters. The van der Waals surface area contributed by atoms with Crippen LogP contribution in [0.15, 0.2) is 12.1 Å². The van der Waals surface area contributed by atoms with Crippen molar-refractivity contribution in [3.8, 4) is 0 Å². The molecule has 0 spiro atoms. The molecule has 3 heterocycles. The number of aromatic nitrogens is 1. The first-order chi connectivity index (χ1) is 9.33. The molecule has 19 heavy (non-hydrogen) atoms. The Morgan fingerprint density at radius 2 is 1.95 bits per heavy atom. The van der Waals surface area contributed by atoms with Crippen LogP contribution >= 0.6 is 0 Å². The maximum Gasteiger partial charge on any atom is 0.128 e. The summed E-state index contributed by atoms with van der Waals surface area (Å²) >= 11 is 0. The summed E-state index contributed by atoms with van der Waals surface area (Å²) in [7, 11) is 0. The molecule has 3 heteroatoms. The van der Waals surface area contributed by atoms with Crippen molar-refractivity contribution in [3.05, 3.63) is 23.4 Å². The van der Waals surface area contributed by atoms with Gasteiger partial charge in [-0.15, -0.1) is 0 Å². The fraction of sp³-hybridized carbons (Fsp3) is 0.688. The molecule has 2 aliphatic rings. The SMILES string of the molecule is CC1Cc2nc(N3CCCCCC3)ccc2CCN1. The Bertz CT molecular complexity index is 422. The van der Waals surface area contributed by atoms with E-state index in [1.165, 1.54) is 55.8 Å². The Morgan fingerprint density at radius 3 is 2.74 bits per heavy atom. The van der Waals surface area contributed by atoms with Gasteiger partial charge in [-0.25, -0.2) is 4.98 Å². The van der Waals surface area contributed by atoms with E-state index in [1.807, 2.05) is 0 Å². The van der Waals surface area contributed by atoms with E-state index < -0.39 is 0 Å². The third-order valence-corrected chi connectivity index (χ3v) is 4.37. The van der Waals surface area contributed by atoms with Gasteiger partial charge in [-0.2, -0.15) is 0 Å². The van der Waals surface area contributed by atoms with Crippen molar-refractivity contribution in [3.63, 3.8) is 0 Å². The minimum absolute atomic E-state index is 0.549. The number of fused-ring (bicyclic) bond motifs is 1. The Hall–Kier alpha value is -1.09. The second-order valence-electron chi connectivity index (χ2n) is 5.99. The zero-order valence-corrected chi connectivity index (χ0v) is 12.0. The molecular weight excluding hydrogens is 234 g/mol. The summed E-state index contributed by atoms with van der Waals surface area (Å²) in [4.78, 5) is 7.46. The summed E-state index contributed by atoms with van der Waals surface area (Å²) < 4.78 is 0. The normalized spacial score (nSPS) is 24.5. The van der Waals surface area contributed by atoms with Gasteiger partial charge >= 0.3 is 0 Å². The maximum atomic E-state index is 4.97. The molecule has 1 N–H and O–H groups in total. The smallest absolute Gasteiger partial charge is 0.128 e. The molecule has 0 aromatic carbocycles. The lowest BCUT2D eigenvalue weighted by Gasteiger charge is -2.22. The lowest BCUT2D eigenvalue weighted by molar-refractivity contribution is 0.564. The number of nitrogens with one attached hydrogen (secondary N) is 1. The van der Waals surface area contributed by atoms with Crippen LogP contribution in [0.25, 0.3) is 0 Å². The van der Waals surface area contributed by atoms with Crippen molar-refractivity contribution in [2.45, 2.75) is 51.5 Å². The minimum Gasteiger partial charge on any atom is -0.357 e. The van der Waals surface area contributed by atoms with Gasteiger partial charge in [0.25, 0.3) is 0 Å². The number of nitrogens with zero attached hydrogens (tertiary/aromatic N) is 2. The molecule has 1 aromatic rings. The zero-order chi connectivity index (χ0) is 13.1. The molecule has 1 saturated heterocycles. The Morgan fingerprint density at radius 1 is 1.16 bits per heavy atom. The van der Waals surface area contributed by atoms with Crippen molar-refractivity contribution in [2.75, 3.05) is 24.5 Å². The van der Waals surface area contributed by atoms with Gasteiger partial charge in [0.1, 0.15) is 5.82 Å². The second kappa shape index (κ2) is 5.91. The monoisotopic (exact) mass is 259 g/mol. The van der Waals surface area contributed by atoms with Crippen molar-refractivity contribution < 1.29 is 0 Å². The average molecular weight is 259 g/mol. The maximum absolute atomic E-state index is 4.97. The fourth-order valence-electron chi connectivity index (χ4n) is 3.21. The second-order valence-corrected chi connectivity index (χ2v) is 5.99. The Labute approximate surface area is 116 Å². The lowest BCUT2D eigenvalue weighted by atomic mass is 10.1. The molecule has 1 unspecified atom stereocenters. The third-order valence-electron chi connectivity index (χ3n) is 4.37. The average Bonchev–Trinajstić information content (AvgIpc) is 2.77. The van der Waals surface area contributed by atoms with Crippen LogP contribution in [0.1, 0.15) is 43.9 Å². The van der Waals surface area contributed by atoms with Gasteiger partial charge in [0, 0.05) is 31.2 Å². The van der Waals surface area contributed by atoms with Gasteiger partial charge in [-0.05, 0) is 44.4 Å². The molecule has 1 aromatic heterocycles. The van der Waals surface area contributed by atoms with E-state index in [0.29, 0.717) is 6.04 Å². The van der Waals surface area contributed by atoms with E-state index in [4.69, 9.17) is 4.98 Å². The van der Waals surface area contributed by atoms with Gasteiger partial charge < -0.3 is 10.2 Å². The van der Waals surface area contributed by atoms with Crippen molar-refractivity contribution in [2.24, 2.45) is 0 Å². The molecule has 1 fully saturated rings. The predicted octanol–water partition coefficient (Wildman–Crippen LogP) is 2.54. The number of anilines is 1. The first-order valence-corrected chi connectivity index (χ1v) is 7.80. The summed E-state index contributed by atoms with van der Waals surface area (Å²) in [6.45, 7) is 5.70. The van der Waals surface area contributed by atoms with Gasteiger partial charge in [0.2, 0.25) is 0 Å². The largest absolute Gasteiger partial charge is 0.357 e. The highest BCUT2D eigenvalue weighted by molar-refractivity contribution is 5.42.